The van der Waals surface area contributed by atoms with Gasteiger partial charge >= 0.3 is 0 Å². The number of rotatable bonds is 8. The molecule has 0 aliphatic rings. The van der Waals surface area contributed by atoms with Crippen molar-refractivity contribution >= 4 is 0 Å². The van der Waals surface area contributed by atoms with E-state index in [2.05, 4.69) is 25.7 Å². The number of hydrogen-bond acceptors (Lipinski definition) is 2. The summed E-state index contributed by atoms with van der Waals surface area (Å²) in [6.45, 7) is 10.5. The maximum atomic E-state index is 5.55. The average molecular weight is 171 g/mol. The number of likely N-dealkylation sites (N-methyl/N-ethyl adjacent to an activating group) is 1. The lowest BCUT2D eigenvalue weighted by Gasteiger charge is -2.16. The molecule has 0 saturated heterocycles. The maximum absolute atomic E-state index is 5.55. The summed E-state index contributed by atoms with van der Waals surface area (Å²) in [5.41, 5.74) is 0. The monoisotopic (exact) mass is 171 g/mol. The van der Waals surface area contributed by atoms with Gasteiger partial charge in [0.15, 0.2) is 0 Å². The van der Waals surface area contributed by atoms with Gasteiger partial charge in [0.25, 0.3) is 0 Å². The highest BCUT2D eigenvalue weighted by atomic mass is 16.5. The highest BCUT2D eigenvalue weighted by Crippen LogP contribution is 2.00. The van der Waals surface area contributed by atoms with E-state index in [1.54, 1.807) is 6.08 Å². The van der Waals surface area contributed by atoms with Gasteiger partial charge in [-0.2, -0.15) is 0 Å². The van der Waals surface area contributed by atoms with Crippen LogP contribution >= 0.6 is 0 Å². The van der Waals surface area contributed by atoms with Crippen molar-refractivity contribution in [2.24, 2.45) is 0 Å². The van der Waals surface area contributed by atoms with E-state index in [4.69, 9.17) is 4.74 Å². The predicted octanol–water partition coefficient (Wildman–Crippen LogP) is 1.97. The Balaban J connectivity index is 3.46. The van der Waals surface area contributed by atoms with E-state index < -0.39 is 0 Å². The van der Waals surface area contributed by atoms with Crippen LogP contribution in [0.5, 0.6) is 0 Å². The molecule has 0 aliphatic heterocycles. The molecule has 0 fully saturated rings. The summed E-state index contributed by atoms with van der Waals surface area (Å²) in [7, 11) is 0. The third-order valence-electron chi connectivity index (χ3n) is 1.68. The first kappa shape index (κ1) is 11.7. The Hall–Kier alpha value is -0.340. The Morgan fingerprint density at radius 1 is 1.50 bits per heavy atom. The van der Waals surface area contributed by atoms with Crippen LogP contribution in [-0.4, -0.2) is 25.8 Å². The molecule has 0 aliphatic carbocycles. The van der Waals surface area contributed by atoms with Crippen molar-refractivity contribution < 1.29 is 4.74 Å². The van der Waals surface area contributed by atoms with E-state index in [9.17, 15) is 0 Å². The van der Waals surface area contributed by atoms with Gasteiger partial charge in [-0.25, -0.2) is 0 Å². The number of hydrogen-bond donors (Lipinski definition) is 1. The summed E-state index contributed by atoms with van der Waals surface area (Å²) in [6.07, 6.45) is 4.45. The Morgan fingerprint density at radius 3 is 2.75 bits per heavy atom. The lowest BCUT2D eigenvalue weighted by atomic mass is 10.2. The molecule has 72 valence electrons. The topological polar surface area (TPSA) is 21.3 Å². The minimum Gasteiger partial charge on any atom is -0.373 e. The Morgan fingerprint density at radius 2 is 2.25 bits per heavy atom. The van der Waals surface area contributed by atoms with Crippen LogP contribution in [-0.2, 0) is 4.74 Å². The van der Waals surface area contributed by atoms with Crippen molar-refractivity contribution in [1.82, 2.24) is 5.32 Å². The van der Waals surface area contributed by atoms with Crippen LogP contribution in [0.1, 0.15) is 26.7 Å². The standard InChI is InChI=1S/C10H21NO/c1-4-7-10(9-11-6-3)12-8-5-2/h5,10-11H,2,4,6-9H2,1,3H3. The van der Waals surface area contributed by atoms with Crippen LogP contribution in [0.2, 0.25) is 0 Å². The van der Waals surface area contributed by atoms with Gasteiger partial charge in [-0.3, -0.25) is 0 Å². The molecule has 0 rings (SSSR count). The molecule has 0 heterocycles. The minimum atomic E-state index is 0.355. The minimum absolute atomic E-state index is 0.355. The van der Waals surface area contributed by atoms with Crippen LogP contribution in [0.3, 0.4) is 0 Å². The van der Waals surface area contributed by atoms with Crippen molar-refractivity contribution in [1.29, 1.82) is 0 Å². The van der Waals surface area contributed by atoms with Crippen LogP contribution in [0.4, 0.5) is 0 Å². The first-order chi connectivity index (χ1) is 5.85. The van der Waals surface area contributed by atoms with Crippen molar-refractivity contribution in [3.63, 3.8) is 0 Å². The smallest absolute Gasteiger partial charge is 0.0703 e. The molecular formula is C10H21NO. The highest BCUT2D eigenvalue weighted by Gasteiger charge is 2.05. The number of nitrogens with one attached hydrogen (secondary N) is 1. The Bertz CT molecular complexity index is 104. The fraction of sp³-hybridized carbons (Fsp3) is 0.800. The molecule has 0 spiro atoms. The average Bonchev–Trinajstić information content (AvgIpc) is 2.10. The number of ether oxygens (including phenoxy) is 1. The van der Waals surface area contributed by atoms with Crippen LogP contribution in [0.15, 0.2) is 12.7 Å². The second-order valence-electron chi connectivity index (χ2n) is 2.84. The van der Waals surface area contributed by atoms with Crippen LogP contribution in [0, 0.1) is 0 Å². The molecule has 0 aromatic carbocycles. The second-order valence-corrected chi connectivity index (χ2v) is 2.84. The van der Waals surface area contributed by atoms with E-state index >= 15 is 0 Å². The van der Waals surface area contributed by atoms with Crippen LogP contribution < -0.4 is 5.32 Å². The zero-order valence-corrected chi connectivity index (χ0v) is 8.31. The fourth-order valence-corrected chi connectivity index (χ4v) is 1.08. The summed E-state index contributed by atoms with van der Waals surface area (Å²) in [5.74, 6) is 0. The lowest BCUT2D eigenvalue weighted by Crippen LogP contribution is -2.29. The quantitative estimate of drug-likeness (QED) is 0.564. The molecule has 1 N–H and O–H groups in total. The molecule has 0 saturated carbocycles. The van der Waals surface area contributed by atoms with Gasteiger partial charge in [0.05, 0.1) is 12.7 Å². The van der Waals surface area contributed by atoms with Gasteiger partial charge < -0.3 is 10.1 Å². The van der Waals surface area contributed by atoms with E-state index in [1.807, 2.05) is 0 Å². The van der Waals surface area contributed by atoms with Crippen LogP contribution in [0.25, 0.3) is 0 Å². The molecule has 1 unspecified atom stereocenters. The zero-order valence-electron chi connectivity index (χ0n) is 8.31. The van der Waals surface area contributed by atoms with E-state index in [1.165, 1.54) is 6.42 Å². The van der Waals surface area contributed by atoms with E-state index in [0.29, 0.717) is 12.7 Å². The SMILES string of the molecule is C=CCOC(CCC)CNCC. The molecule has 2 nitrogen and oxygen atoms in total. The van der Waals surface area contributed by atoms with Gasteiger partial charge in [0, 0.05) is 6.54 Å². The summed E-state index contributed by atoms with van der Waals surface area (Å²) < 4.78 is 5.55. The molecule has 12 heavy (non-hydrogen) atoms. The highest BCUT2D eigenvalue weighted by molar-refractivity contribution is 4.68. The third-order valence-corrected chi connectivity index (χ3v) is 1.68. The summed E-state index contributed by atoms with van der Waals surface area (Å²) in [5, 5.41) is 3.28. The maximum Gasteiger partial charge on any atom is 0.0703 e. The zero-order chi connectivity index (χ0) is 9.23. The summed E-state index contributed by atoms with van der Waals surface area (Å²) >= 11 is 0. The van der Waals surface area contributed by atoms with Crippen molar-refractivity contribution in [3.8, 4) is 0 Å². The van der Waals surface area contributed by atoms with Gasteiger partial charge in [0.1, 0.15) is 0 Å². The third kappa shape index (κ3) is 6.38. The van der Waals surface area contributed by atoms with Crippen molar-refractivity contribution in [2.45, 2.75) is 32.8 Å². The predicted molar refractivity (Wildman–Crippen MR) is 53.4 cm³/mol. The first-order valence-corrected chi connectivity index (χ1v) is 4.78. The van der Waals surface area contributed by atoms with Gasteiger partial charge in [0.2, 0.25) is 0 Å². The summed E-state index contributed by atoms with van der Waals surface area (Å²) in [6, 6.07) is 0. The molecule has 0 amide bonds. The molecule has 0 radical (unpaired) electrons. The van der Waals surface area contributed by atoms with E-state index in [0.717, 1.165) is 19.5 Å². The van der Waals surface area contributed by atoms with Gasteiger partial charge in [-0.1, -0.05) is 26.3 Å². The largest absolute Gasteiger partial charge is 0.373 e. The van der Waals surface area contributed by atoms with Gasteiger partial charge in [-0.15, -0.1) is 6.58 Å². The Kier molecular flexibility index (Phi) is 8.51. The molecule has 2 heteroatoms. The van der Waals surface area contributed by atoms with Gasteiger partial charge in [-0.05, 0) is 13.0 Å². The molecule has 0 aromatic heterocycles. The van der Waals surface area contributed by atoms with Crippen molar-refractivity contribution in [2.75, 3.05) is 19.7 Å². The summed E-state index contributed by atoms with van der Waals surface area (Å²) in [4.78, 5) is 0. The lowest BCUT2D eigenvalue weighted by molar-refractivity contribution is 0.0676. The van der Waals surface area contributed by atoms with Crippen molar-refractivity contribution in [3.05, 3.63) is 12.7 Å². The Labute approximate surface area is 76.0 Å². The van der Waals surface area contributed by atoms with E-state index in [-0.39, 0.29) is 0 Å². The second kappa shape index (κ2) is 8.75. The molecular weight excluding hydrogens is 150 g/mol. The first-order valence-electron chi connectivity index (χ1n) is 4.78. The normalized spacial score (nSPS) is 12.8. The molecule has 0 aromatic rings. The molecule has 1 atom stereocenters. The molecule has 0 bridgehead atoms. The fourth-order valence-electron chi connectivity index (χ4n) is 1.08.